The zero-order valence-electron chi connectivity index (χ0n) is 6.21. The normalized spacial score (nSPS) is 10.7. The fraction of sp³-hybridized carbons (Fsp3) is 0.125. The Balaban J connectivity index is 3.12. The highest BCUT2D eigenvalue weighted by atomic mass is 35.5. The highest BCUT2D eigenvalue weighted by molar-refractivity contribution is 6.31. The van der Waals surface area contributed by atoms with Gasteiger partial charge >= 0.3 is 0 Å². The fourth-order valence-electron chi connectivity index (χ4n) is 0.748. The third kappa shape index (κ3) is 1.95. The van der Waals surface area contributed by atoms with E-state index in [0.29, 0.717) is 16.5 Å². The zero-order valence-corrected chi connectivity index (χ0v) is 6.97. The molecule has 0 saturated carbocycles. The molecule has 1 aromatic rings. The number of halogens is 1. The van der Waals surface area contributed by atoms with Crippen LogP contribution in [-0.4, -0.2) is 4.98 Å². The van der Waals surface area contributed by atoms with Gasteiger partial charge in [-0.05, 0) is 25.1 Å². The maximum absolute atomic E-state index is 5.81. The summed E-state index contributed by atoms with van der Waals surface area (Å²) in [5.74, 6) is 0.488. The molecule has 0 spiro atoms. The molecule has 0 unspecified atom stereocenters. The molecule has 0 atom stereocenters. The van der Waals surface area contributed by atoms with Crippen molar-refractivity contribution in [3.05, 3.63) is 28.9 Å². The Morgan fingerprint density at radius 1 is 1.55 bits per heavy atom. The van der Waals surface area contributed by atoms with E-state index in [9.17, 15) is 0 Å². The molecule has 0 aliphatic heterocycles. The van der Waals surface area contributed by atoms with Crippen molar-refractivity contribution in [1.82, 2.24) is 4.98 Å². The van der Waals surface area contributed by atoms with Gasteiger partial charge in [0.05, 0.1) is 10.7 Å². The topological polar surface area (TPSA) is 38.9 Å². The third-order valence-corrected chi connectivity index (χ3v) is 1.54. The number of rotatable bonds is 1. The molecule has 3 heteroatoms. The van der Waals surface area contributed by atoms with Crippen LogP contribution in [0.15, 0.2) is 18.2 Å². The Labute approximate surface area is 70.7 Å². The predicted octanol–water partition coefficient (Wildman–Crippen LogP) is 2.35. The second-order valence-electron chi connectivity index (χ2n) is 2.10. The van der Waals surface area contributed by atoms with Gasteiger partial charge in [-0.1, -0.05) is 17.7 Å². The molecule has 0 amide bonds. The molecule has 2 nitrogen and oxygen atoms in total. The monoisotopic (exact) mass is 168 g/mol. The van der Waals surface area contributed by atoms with E-state index in [1.165, 1.54) is 0 Å². The maximum atomic E-state index is 5.81. The summed E-state index contributed by atoms with van der Waals surface area (Å²) >= 11 is 5.81. The van der Waals surface area contributed by atoms with E-state index >= 15 is 0 Å². The quantitative estimate of drug-likeness (QED) is 0.699. The van der Waals surface area contributed by atoms with Gasteiger partial charge in [0.25, 0.3) is 0 Å². The summed E-state index contributed by atoms with van der Waals surface area (Å²) < 4.78 is 0. The Morgan fingerprint density at radius 2 is 2.27 bits per heavy atom. The molecule has 0 bridgehead atoms. The first kappa shape index (κ1) is 8.08. The summed E-state index contributed by atoms with van der Waals surface area (Å²) in [6, 6.07) is 3.41. The second-order valence-corrected chi connectivity index (χ2v) is 2.51. The number of hydrogen-bond acceptors (Lipinski definition) is 2. The van der Waals surface area contributed by atoms with Crippen molar-refractivity contribution < 1.29 is 0 Å². The van der Waals surface area contributed by atoms with Gasteiger partial charge in [-0.15, -0.1) is 0 Å². The van der Waals surface area contributed by atoms with Crippen LogP contribution < -0.4 is 5.73 Å². The van der Waals surface area contributed by atoms with Crippen molar-refractivity contribution >= 4 is 23.5 Å². The van der Waals surface area contributed by atoms with Crippen LogP contribution in [0.3, 0.4) is 0 Å². The second kappa shape index (κ2) is 3.39. The van der Waals surface area contributed by atoms with Crippen LogP contribution >= 0.6 is 11.6 Å². The first-order valence-electron chi connectivity index (χ1n) is 3.28. The van der Waals surface area contributed by atoms with Crippen molar-refractivity contribution in [3.8, 4) is 0 Å². The Kier molecular flexibility index (Phi) is 2.49. The molecule has 0 saturated heterocycles. The van der Waals surface area contributed by atoms with Gasteiger partial charge < -0.3 is 5.73 Å². The molecule has 1 heterocycles. The lowest BCUT2D eigenvalue weighted by Crippen LogP contribution is -1.91. The minimum Gasteiger partial charge on any atom is -0.384 e. The van der Waals surface area contributed by atoms with Gasteiger partial charge in [0, 0.05) is 0 Å². The third-order valence-electron chi connectivity index (χ3n) is 1.22. The summed E-state index contributed by atoms with van der Waals surface area (Å²) in [6.45, 7) is 1.90. The number of aromatic nitrogens is 1. The van der Waals surface area contributed by atoms with Crippen LogP contribution in [0.1, 0.15) is 12.6 Å². The molecule has 0 aromatic carbocycles. The Hall–Kier alpha value is -1.02. The number of nitrogens with two attached hydrogens (primary N) is 1. The van der Waals surface area contributed by atoms with Gasteiger partial charge in [-0.3, -0.25) is 0 Å². The summed E-state index contributed by atoms with van der Waals surface area (Å²) in [7, 11) is 0. The maximum Gasteiger partial charge on any atom is 0.124 e. The van der Waals surface area contributed by atoms with E-state index < -0.39 is 0 Å². The van der Waals surface area contributed by atoms with Crippen LogP contribution in [0.2, 0.25) is 5.02 Å². The SMILES string of the molecule is C/C=C/c1nc(N)ccc1Cl. The molecular weight excluding hydrogens is 160 g/mol. The smallest absolute Gasteiger partial charge is 0.124 e. The van der Waals surface area contributed by atoms with Crippen molar-refractivity contribution in [2.75, 3.05) is 5.73 Å². The van der Waals surface area contributed by atoms with Crippen LogP contribution in [0.5, 0.6) is 0 Å². The van der Waals surface area contributed by atoms with Gasteiger partial charge in [0.1, 0.15) is 5.82 Å². The zero-order chi connectivity index (χ0) is 8.27. The van der Waals surface area contributed by atoms with E-state index in [1.54, 1.807) is 12.1 Å². The van der Waals surface area contributed by atoms with Crippen molar-refractivity contribution in [2.45, 2.75) is 6.92 Å². The Morgan fingerprint density at radius 3 is 2.91 bits per heavy atom. The number of nitrogens with zero attached hydrogens (tertiary/aromatic N) is 1. The molecule has 0 radical (unpaired) electrons. The lowest BCUT2D eigenvalue weighted by Gasteiger charge is -1.97. The number of anilines is 1. The average molecular weight is 169 g/mol. The summed E-state index contributed by atoms with van der Waals surface area (Å²) in [4.78, 5) is 4.02. The van der Waals surface area contributed by atoms with Crippen LogP contribution in [0.25, 0.3) is 6.08 Å². The molecule has 1 rings (SSSR count). The molecule has 0 fully saturated rings. The largest absolute Gasteiger partial charge is 0.384 e. The van der Waals surface area contributed by atoms with Crippen LogP contribution in [0.4, 0.5) is 5.82 Å². The van der Waals surface area contributed by atoms with E-state index in [4.69, 9.17) is 17.3 Å². The summed E-state index contributed by atoms with van der Waals surface area (Å²) in [5.41, 5.74) is 6.17. The first-order valence-corrected chi connectivity index (χ1v) is 3.66. The van der Waals surface area contributed by atoms with Gasteiger partial charge in [0.2, 0.25) is 0 Å². The Bertz CT molecular complexity index is 281. The highest BCUT2D eigenvalue weighted by Crippen LogP contribution is 2.16. The minimum absolute atomic E-state index is 0.488. The summed E-state index contributed by atoms with van der Waals surface area (Å²) in [6.07, 6.45) is 3.69. The first-order chi connectivity index (χ1) is 5.24. The van der Waals surface area contributed by atoms with Gasteiger partial charge in [-0.25, -0.2) is 4.98 Å². The van der Waals surface area contributed by atoms with Crippen molar-refractivity contribution in [1.29, 1.82) is 0 Å². The van der Waals surface area contributed by atoms with Gasteiger partial charge in [0.15, 0.2) is 0 Å². The number of pyridine rings is 1. The lowest BCUT2D eigenvalue weighted by atomic mass is 10.3. The molecule has 0 aliphatic carbocycles. The molecular formula is C8H9ClN2. The number of allylic oxidation sites excluding steroid dienone is 1. The van der Waals surface area contributed by atoms with Gasteiger partial charge in [-0.2, -0.15) is 0 Å². The molecule has 11 heavy (non-hydrogen) atoms. The molecule has 0 aliphatic rings. The predicted molar refractivity (Wildman–Crippen MR) is 48.4 cm³/mol. The molecule has 58 valence electrons. The van der Waals surface area contributed by atoms with Crippen molar-refractivity contribution in [2.24, 2.45) is 0 Å². The van der Waals surface area contributed by atoms with E-state index in [-0.39, 0.29) is 0 Å². The highest BCUT2D eigenvalue weighted by Gasteiger charge is 1.96. The van der Waals surface area contributed by atoms with E-state index in [2.05, 4.69) is 4.98 Å². The lowest BCUT2D eigenvalue weighted by molar-refractivity contribution is 1.30. The van der Waals surface area contributed by atoms with Crippen molar-refractivity contribution in [3.63, 3.8) is 0 Å². The van der Waals surface area contributed by atoms with E-state index in [0.717, 1.165) is 0 Å². The minimum atomic E-state index is 0.488. The average Bonchev–Trinajstić information content (AvgIpc) is 1.98. The fourth-order valence-corrected chi connectivity index (χ4v) is 0.917. The molecule has 1 aromatic heterocycles. The van der Waals surface area contributed by atoms with E-state index in [1.807, 2.05) is 19.1 Å². The molecule has 2 N–H and O–H groups in total. The standard InChI is InChI=1S/C8H9ClN2/c1-2-3-7-6(9)4-5-8(10)11-7/h2-5H,1H3,(H2,10,11)/b3-2+. The van der Waals surface area contributed by atoms with Crippen LogP contribution in [0, 0.1) is 0 Å². The summed E-state index contributed by atoms with van der Waals surface area (Å²) in [5, 5.41) is 0.623. The van der Waals surface area contributed by atoms with Crippen LogP contribution in [-0.2, 0) is 0 Å². The number of hydrogen-bond donors (Lipinski definition) is 1. The number of nitrogen functional groups attached to an aromatic ring is 1.